The van der Waals surface area contributed by atoms with E-state index in [9.17, 15) is 0 Å². The number of fused-ring (bicyclic) bond motifs is 1. The van der Waals surface area contributed by atoms with E-state index in [1.54, 1.807) is 13.4 Å². The highest BCUT2D eigenvalue weighted by atomic mass is 16.5. The molecular weight excluding hydrogens is 240 g/mol. The molecule has 0 amide bonds. The summed E-state index contributed by atoms with van der Waals surface area (Å²) in [5, 5.41) is 4.27. The Bertz CT molecular complexity index is 720. The van der Waals surface area contributed by atoms with Gasteiger partial charge in [0.05, 0.1) is 18.2 Å². The van der Waals surface area contributed by atoms with Crippen molar-refractivity contribution < 1.29 is 4.74 Å². The third-order valence-corrected chi connectivity index (χ3v) is 3.02. The molecule has 3 aromatic rings. The lowest BCUT2D eigenvalue weighted by Crippen LogP contribution is -1.98. The fourth-order valence-corrected chi connectivity index (χ4v) is 2.05. The Labute approximate surface area is 110 Å². The second-order valence-electron chi connectivity index (χ2n) is 4.21. The zero-order valence-corrected chi connectivity index (χ0v) is 10.8. The summed E-state index contributed by atoms with van der Waals surface area (Å²) in [4.78, 5) is 8.57. The van der Waals surface area contributed by atoms with Gasteiger partial charge in [0.15, 0.2) is 0 Å². The molecule has 0 aliphatic carbocycles. The van der Waals surface area contributed by atoms with E-state index in [1.165, 1.54) is 0 Å². The van der Waals surface area contributed by atoms with Crippen molar-refractivity contribution in [1.82, 2.24) is 14.5 Å². The Balaban J connectivity index is 2.06. The van der Waals surface area contributed by atoms with Crippen molar-refractivity contribution >= 4 is 22.5 Å². The van der Waals surface area contributed by atoms with Gasteiger partial charge in [0.2, 0.25) is 0 Å². The lowest BCUT2D eigenvalue weighted by Gasteiger charge is -2.10. The maximum Gasteiger partial charge on any atom is 0.145 e. The highest BCUT2D eigenvalue weighted by Gasteiger charge is 2.08. The predicted molar refractivity (Wildman–Crippen MR) is 74.8 cm³/mol. The molecule has 0 spiro atoms. The molecule has 0 unspecified atom stereocenters. The maximum absolute atomic E-state index is 5.32. The average molecular weight is 254 g/mol. The van der Waals surface area contributed by atoms with Crippen LogP contribution in [0.2, 0.25) is 0 Å². The van der Waals surface area contributed by atoms with Crippen LogP contribution >= 0.6 is 0 Å². The maximum atomic E-state index is 5.32. The Hall–Kier alpha value is -2.56. The molecule has 3 rings (SSSR count). The van der Waals surface area contributed by atoms with E-state index in [-0.39, 0.29) is 0 Å². The van der Waals surface area contributed by atoms with Crippen LogP contribution in [-0.4, -0.2) is 21.6 Å². The summed E-state index contributed by atoms with van der Waals surface area (Å²) in [6, 6.07) is 9.74. The minimum absolute atomic E-state index is 0.773. The quantitative estimate of drug-likeness (QED) is 0.780. The highest BCUT2D eigenvalue weighted by Crippen LogP contribution is 2.29. The second kappa shape index (κ2) is 4.61. The first kappa shape index (κ1) is 11.5. The molecule has 0 fully saturated rings. The van der Waals surface area contributed by atoms with E-state index in [0.29, 0.717) is 0 Å². The minimum atomic E-state index is 0.773. The van der Waals surface area contributed by atoms with Gasteiger partial charge in [-0.2, -0.15) is 0 Å². The fourth-order valence-electron chi connectivity index (χ4n) is 2.05. The number of benzene rings is 1. The van der Waals surface area contributed by atoms with Crippen LogP contribution < -0.4 is 10.1 Å². The molecular formula is C14H14N4O. The number of anilines is 2. The number of aryl methyl sites for hydroxylation is 1. The first-order valence-electron chi connectivity index (χ1n) is 5.95. The molecule has 96 valence electrons. The molecule has 0 radical (unpaired) electrons. The van der Waals surface area contributed by atoms with Crippen molar-refractivity contribution in [2.75, 3.05) is 12.4 Å². The standard InChI is InChI=1S/C14H14N4O/c1-18-8-7-10-13(15-9-16-14(10)18)17-11-5-3-4-6-12(11)19-2/h3-9H,1-2H3,(H,15,16,17). The number of nitrogens with one attached hydrogen (secondary N) is 1. The van der Waals surface area contributed by atoms with E-state index >= 15 is 0 Å². The topological polar surface area (TPSA) is 52.0 Å². The number of para-hydroxylation sites is 2. The van der Waals surface area contributed by atoms with Gasteiger partial charge in [0.1, 0.15) is 23.5 Å². The summed E-state index contributed by atoms with van der Waals surface area (Å²) in [5.41, 5.74) is 1.78. The van der Waals surface area contributed by atoms with Gasteiger partial charge in [-0.05, 0) is 18.2 Å². The van der Waals surface area contributed by atoms with Crippen LogP contribution in [0.5, 0.6) is 5.75 Å². The van der Waals surface area contributed by atoms with E-state index in [4.69, 9.17) is 4.74 Å². The van der Waals surface area contributed by atoms with Gasteiger partial charge in [-0.3, -0.25) is 0 Å². The van der Waals surface area contributed by atoms with Gasteiger partial charge in [-0.25, -0.2) is 9.97 Å². The number of rotatable bonds is 3. The van der Waals surface area contributed by atoms with Gasteiger partial charge in [-0.1, -0.05) is 12.1 Å². The number of nitrogens with zero attached hydrogens (tertiary/aromatic N) is 3. The average Bonchev–Trinajstić information content (AvgIpc) is 2.82. The largest absolute Gasteiger partial charge is 0.495 e. The lowest BCUT2D eigenvalue weighted by molar-refractivity contribution is 0.417. The van der Waals surface area contributed by atoms with Crippen LogP contribution in [-0.2, 0) is 7.05 Å². The number of methoxy groups -OCH3 is 1. The first-order chi connectivity index (χ1) is 9.29. The molecule has 0 aliphatic heterocycles. The van der Waals surface area contributed by atoms with Crippen LogP contribution in [0.1, 0.15) is 0 Å². The molecule has 2 heterocycles. The van der Waals surface area contributed by atoms with Crippen LogP contribution in [0.15, 0.2) is 42.9 Å². The Morgan fingerprint density at radius 1 is 1.16 bits per heavy atom. The van der Waals surface area contributed by atoms with Gasteiger partial charge in [0.25, 0.3) is 0 Å². The second-order valence-corrected chi connectivity index (χ2v) is 4.21. The summed E-state index contributed by atoms with van der Waals surface area (Å²) in [5.74, 6) is 1.56. The Morgan fingerprint density at radius 2 is 2.00 bits per heavy atom. The minimum Gasteiger partial charge on any atom is -0.495 e. The molecule has 2 aromatic heterocycles. The van der Waals surface area contributed by atoms with Crippen molar-refractivity contribution in [3.8, 4) is 5.75 Å². The van der Waals surface area contributed by atoms with Crippen molar-refractivity contribution in [2.24, 2.45) is 7.05 Å². The van der Waals surface area contributed by atoms with Crippen molar-refractivity contribution in [3.63, 3.8) is 0 Å². The zero-order chi connectivity index (χ0) is 13.2. The Morgan fingerprint density at radius 3 is 2.84 bits per heavy atom. The summed E-state index contributed by atoms with van der Waals surface area (Å²) in [6.45, 7) is 0. The van der Waals surface area contributed by atoms with Crippen molar-refractivity contribution in [3.05, 3.63) is 42.9 Å². The number of hydrogen-bond donors (Lipinski definition) is 1. The summed E-state index contributed by atoms with van der Waals surface area (Å²) >= 11 is 0. The summed E-state index contributed by atoms with van der Waals surface area (Å²) < 4.78 is 7.29. The highest BCUT2D eigenvalue weighted by molar-refractivity contribution is 5.89. The summed E-state index contributed by atoms with van der Waals surface area (Å²) in [6.07, 6.45) is 3.52. The van der Waals surface area contributed by atoms with Crippen LogP contribution in [0, 0.1) is 0 Å². The molecule has 1 aromatic carbocycles. The zero-order valence-electron chi connectivity index (χ0n) is 10.8. The lowest BCUT2D eigenvalue weighted by atomic mass is 10.3. The van der Waals surface area contributed by atoms with E-state index in [1.807, 2.05) is 48.1 Å². The normalized spacial score (nSPS) is 10.6. The molecule has 0 bridgehead atoms. The predicted octanol–water partition coefficient (Wildman–Crippen LogP) is 2.72. The van der Waals surface area contributed by atoms with Crippen molar-refractivity contribution in [2.45, 2.75) is 0 Å². The van der Waals surface area contributed by atoms with Crippen LogP contribution in [0.4, 0.5) is 11.5 Å². The van der Waals surface area contributed by atoms with Crippen LogP contribution in [0.3, 0.4) is 0 Å². The van der Waals surface area contributed by atoms with E-state index < -0.39 is 0 Å². The van der Waals surface area contributed by atoms with E-state index in [2.05, 4.69) is 15.3 Å². The molecule has 0 atom stereocenters. The van der Waals surface area contributed by atoms with Gasteiger partial charge in [-0.15, -0.1) is 0 Å². The molecule has 0 saturated carbocycles. The third kappa shape index (κ3) is 1.99. The molecule has 5 heteroatoms. The number of aromatic nitrogens is 3. The monoisotopic (exact) mass is 254 g/mol. The van der Waals surface area contributed by atoms with Crippen molar-refractivity contribution in [1.29, 1.82) is 0 Å². The Kier molecular flexibility index (Phi) is 2.79. The molecule has 0 aliphatic rings. The number of hydrogen-bond acceptors (Lipinski definition) is 4. The molecule has 19 heavy (non-hydrogen) atoms. The molecule has 5 nitrogen and oxygen atoms in total. The van der Waals surface area contributed by atoms with Gasteiger partial charge < -0.3 is 14.6 Å². The molecule has 0 saturated heterocycles. The van der Waals surface area contributed by atoms with Crippen LogP contribution in [0.25, 0.3) is 11.0 Å². The SMILES string of the molecule is COc1ccccc1Nc1ncnc2c1ccn2C. The smallest absolute Gasteiger partial charge is 0.145 e. The van der Waals surface area contributed by atoms with Gasteiger partial charge in [0, 0.05) is 13.2 Å². The fraction of sp³-hybridized carbons (Fsp3) is 0.143. The summed E-state index contributed by atoms with van der Waals surface area (Å²) in [7, 11) is 3.61. The first-order valence-corrected chi connectivity index (χ1v) is 5.95. The van der Waals surface area contributed by atoms with E-state index in [0.717, 1.165) is 28.3 Å². The number of ether oxygens (including phenoxy) is 1. The third-order valence-electron chi connectivity index (χ3n) is 3.02. The van der Waals surface area contributed by atoms with Gasteiger partial charge >= 0.3 is 0 Å². The molecule has 1 N–H and O–H groups in total.